The van der Waals surface area contributed by atoms with Crippen molar-refractivity contribution in [1.29, 1.82) is 0 Å². The van der Waals surface area contributed by atoms with Crippen LogP contribution in [0.4, 0.5) is 0 Å². The summed E-state index contributed by atoms with van der Waals surface area (Å²) in [5, 5.41) is 1.65. The molecule has 0 atom stereocenters. The molecule has 12 heavy (non-hydrogen) atoms. The molecule has 4 nitrogen and oxygen atoms in total. The number of hydroxylamine groups is 2. The third kappa shape index (κ3) is 7.43. The predicted molar refractivity (Wildman–Crippen MR) is 48.1 cm³/mol. The van der Waals surface area contributed by atoms with E-state index in [-0.39, 0.29) is 6.61 Å². The van der Waals surface area contributed by atoms with Crippen molar-refractivity contribution in [2.75, 3.05) is 26.8 Å². The van der Waals surface area contributed by atoms with Crippen LogP contribution in [0.2, 0.25) is 0 Å². The van der Waals surface area contributed by atoms with Crippen molar-refractivity contribution in [2.24, 2.45) is 0 Å². The molecule has 0 aliphatic carbocycles. The molecular weight excluding hydrogens is 157 g/mol. The van der Waals surface area contributed by atoms with Gasteiger partial charge < -0.3 is 0 Å². The van der Waals surface area contributed by atoms with Gasteiger partial charge in [0.2, 0.25) is 0 Å². The van der Waals surface area contributed by atoms with E-state index in [9.17, 15) is 4.79 Å². The van der Waals surface area contributed by atoms with E-state index in [1.54, 1.807) is 12.1 Å². The van der Waals surface area contributed by atoms with Crippen LogP contribution < -0.4 is 0 Å². The number of carbonyl (C=O) groups excluding carboxylic acids is 1. The topological polar surface area (TPSA) is 38.8 Å². The Hall–Kier alpha value is -0.675. The standard InChI is InChI=1S/C7H14BNO3/c1-8-12-9(2)4-3-6-11-7-5-10/h5H,1,3-4,6-7H2,2H3. The fourth-order valence-corrected chi connectivity index (χ4v) is 0.701. The molecule has 0 N–H and O–H groups in total. The molecule has 0 aromatic rings. The summed E-state index contributed by atoms with van der Waals surface area (Å²) < 4.78 is 9.86. The summed E-state index contributed by atoms with van der Waals surface area (Å²) in [6.45, 7) is 4.92. The van der Waals surface area contributed by atoms with E-state index >= 15 is 0 Å². The van der Waals surface area contributed by atoms with Crippen molar-refractivity contribution in [2.45, 2.75) is 6.42 Å². The Bertz CT molecular complexity index is 132. The van der Waals surface area contributed by atoms with E-state index in [4.69, 9.17) is 9.49 Å². The van der Waals surface area contributed by atoms with E-state index in [1.807, 2.05) is 0 Å². The van der Waals surface area contributed by atoms with Crippen LogP contribution in [0.5, 0.6) is 0 Å². The number of ether oxygens (including phenoxy) is 1. The van der Waals surface area contributed by atoms with Crippen molar-refractivity contribution >= 4 is 19.9 Å². The first-order chi connectivity index (χ1) is 5.81. The molecule has 0 aliphatic heterocycles. The van der Waals surface area contributed by atoms with Gasteiger partial charge in [-0.2, -0.15) is 0 Å². The normalized spacial score (nSPS) is 9.50. The molecule has 68 valence electrons. The molecule has 0 heterocycles. The summed E-state index contributed by atoms with van der Waals surface area (Å²) in [5.74, 6) is 0. The maximum atomic E-state index is 9.83. The molecule has 0 radical (unpaired) electrons. The predicted octanol–water partition coefficient (Wildman–Crippen LogP) is -0.493. The Morgan fingerprint density at radius 2 is 2.42 bits per heavy atom. The second-order valence-electron chi connectivity index (χ2n) is 2.22. The number of carbonyl (C=O) groups is 1. The zero-order valence-corrected chi connectivity index (χ0v) is 7.36. The van der Waals surface area contributed by atoms with Crippen molar-refractivity contribution in [3.8, 4) is 0 Å². The second-order valence-corrected chi connectivity index (χ2v) is 2.22. The van der Waals surface area contributed by atoms with Crippen LogP contribution >= 0.6 is 0 Å². The SMILES string of the molecule is C=BON(C)CCCOCC=O. The summed E-state index contributed by atoms with van der Waals surface area (Å²) in [6, 6.07) is 0. The second kappa shape index (κ2) is 8.42. The number of aldehydes is 1. The van der Waals surface area contributed by atoms with Gasteiger partial charge >= 0.3 is 72.5 Å². The van der Waals surface area contributed by atoms with E-state index in [2.05, 4.69) is 6.47 Å². The molecule has 0 bridgehead atoms. The summed E-state index contributed by atoms with van der Waals surface area (Å²) in [5.41, 5.74) is 0. The van der Waals surface area contributed by atoms with Gasteiger partial charge in [0.1, 0.15) is 0 Å². The van der Waals surface area contributed by atoms with Gasteiger partial charge in [-0.1, -0.05) is 0 Å². The zero-order valence-electron chi connectivity index (χ0n) is 7.36. The van der Waals surface area contributed by atoms with Crippen LogP contribution in [-0.2, 0) is 14.3 Å². The van der Waals surface area contributed by atoms with E-state index < -0.39 is 0 Å². The maximum absolute atomic E-state index is 9.83. The van der Waals surface area contributed by atoms with Gasteiger partial charge in [0.15, 0.2) is 0 Å². The molecular formula is C7H14BNO3. The van der Waals surface area contributed by atoms with Crippen LogP contribution in [0.15, 0.2) is 0 Å². The molecule has 0 aliphatic rings. The fourth-order valence-electron chi connectivity index (χ4n) is 0.701. The van der Waals surface area contributed by atoms with Crippen molar-refractivity contribution in [3.05, 3.63) is 0 Å². The van der Waals surface area contributed by atoms with Gasteiger partial charge in [-0.25, -0.2) is 0 Å². The molecule has 0 aromatic carbocycles. The van der Waals surface area contributed by atoms with E-state index in [0.717, 1.165) is 19.3 Å². The molecule has 5 heteroatoms. The van der Waals surface area contributed by atoms with Gasteiger partial charge in [-0.05, 0) is 0 Å². The minimum absolute atomic E-state index is 0.173. The number of rotatable bonds is 8. The summed E-state index contributed by atoms with van der Waals surface area (Å²) in [6.07, 6.45) is 1.57. The van der Waals surface area contributed by atoms with Gasteiger partial charge in [-0.15, -0.1) is 0 Å². The minimum atomic E-state index is 0.173. The first-order valence-corrected chi connectivity index (χ1v) is 3.81. The molecule has 0 spiro atoms. The van der Waals surface area contributed by atoms with Crippen molar-refractivity contribution in [1.82, 2.24) is 5.06 Å². The molecule has 0 rings (SSSR count). The summed E-state index contributed by atoms with van der Waals surface area (Å²) >= 11 is 0. The first kappa shape index (κ1) is 11.3. The molecule has 0 aromatic heterocycles. The van der Waals surface area contributed by atoms with Crippen LogP contribution in [0, 0.1) is 0 Å². The van der Waals surface area contributed by atoms with Crippen molar-refractivity contribution in [3.63, 3.8) is 0 Å². The molecule has 0 unspecified atom stereocenters. The molecule has 0 saturated heterocycles. The number of hydrogen-bond acceptors (Lipinski definition) is 4. The Morgan fingerprint density at radius 3 is 3.00 bits per heavy atom. The summed E-state index contributed by atoms with van der Waals surface area (Å²) in [4.78, 5) is 9.83. The van der Waals surface area contributed by atoms with Gasteiger partial charge in [-0.3, -0.25) is 0 Å². The van der Waals surface area contributed by atoms with Gasteiger partial charge in [0.05, 0.1) is 0 Å². The summed E-state index contributed by atoms with van der Waals surface area (Å²) in [7, 11) is 3.17. The average Bonchev–Trinajstić information content (AvgIpc) is 2.05. The third-order valence-electron chi connectivity index (χ3n) is 1.20. The Morgan fingerprint density at radius 1 is 1.67 bits per heavy atom. The average molecular weight is 171 g/mol. The van der Waals surface area contributed by atoms with Gasteiger partial charge in [0, 0.05) is 0 Å². The third-order valence-corrected chi connectivity index (χ3v) is 1.20. The molecule has 0 amide bonds. The Labute approximate surface area is 73.3 Å². The van der Waals surface area contributed by atoms with Crippen LogP contribution in [-0.4, -0.2) is 51.7 Å². The molecule has 0 saturated carbocycles. The number of nitrogens with zero attached hydrogens (tertiary/aromatic N) is 1. The Kier molecular flexibility index (Phi) is 7.95. The zero-order chi connectivity index (χ0) is 9.23. The quantitative estimate of drug-likeness (QED) is 0.214. The number of hydrogen-bond donors (Lipinski definition) is 0. The first-order valence-electron chi connectivity index (χ1n) is 3.81. The monoisotopic (exact) mass is 171 g/mol. The van der Waals surface area contributed by atoms with Gasteiger partial charge in [0.25, 0.3) is 0 Å². The van der Waals surface area contributed by atoms with Crippen LogP contribution in [0.1, 0.15) is 6.42 Å². The Balaban J connectivity index is 3.07. The van der Waals surface area contributed by atoms with Crippen LogP contribution in [0.25, 0.3) is 0 Å². The van der Waals surface area contributed by atoms with E-state index in [1.165, 1.54) is 7.12 Å². The fraction of sp³-hybridized carbons (Fsp3) is 0.714. The van der Waals surface area contributed by atoms with Crippen molar-refractivity contribution < 1.29 is 14.3 Å². The van der Waals surface area contributed by atoms with Crippen LogP contribution in [0.3, 0.4) is 0 Å². The molecule has 0 fully saturated rings. The van der Waals surface area contributed by atoms with E-state index in [0.29, 0.717) is 6.61 Å².